The minimum Gasteiger partial charge on any atom is -0.396 e. The predicted molar refractivity (Wildman–Crippen MR) is 129 cm³/mol. The molecule has 3 amide bonds. The van der Waals surface area contributed by atoms with Crippen molar-refractivity contribution in [1.82, 2.24) is 30.5 Å². The second-order valence-corrected chi connectivity index (χ2v) is 10.4. The summed E-state index contributed by atoms with van der Waals surface area (Å²) >= 11 is 0. The van der Waals surface area contributed by atoms with E-state index in [2.05, 4.69) is 20.9 Å². The molecule has 3 saturated heterocycles. The zero-order chi connectivity index (χ0) is 25.7. The van der Waals surface area contributed by atoms with Gasteiger partial charge in [0.2, 0.25) is 17.7 Å². The summed E-state index contributed by atoms with van der Waals surface area (Å²) in [5.74, 6) is -2.18. The first-order valence-corrected chi connectivity index (χ1v) is 12.7. The molecule has 11 nitrogen and oxygen atoms in total. The van der Waals surface area contributed by atoms with Gasteiger partial charge >= 0.3 is 0 Å². The standard InChI is InChI=1S/C25H34N6O5/c1-15-13-25-19(18(21(33)26-3)24(15,2)36-25)23(35)30(11-7-4-8-12-32)20(25)22(34)27-14-31-17-10-6-5-9-16(17)28-29-31/h5-6,9-10,15,18-20,32H,4,7-8,11-14H2,1-3H3,(H,26,33)(H,27,34)/t15?,18-,19+,20?,24+,25?/m1/s1. The third-order valence-electron chi connectivity index (χ3n) is 8.47. The van der Waals surface area contributed by atoms with Crippen molar-refractivity contribution in [3.8, 4) is 0 Å². The summed E-state index contributed by atoms with van der Waals surface area (Å²) in [7, 11) is 1.56. The number of hydrogen-bond acceptors (Lipinski definition) is 7. The maximum atomic E-state index is 13.8. The number of hydrogen-bond donors (Lipinski definition) is 3. The Morgan fingerprint density at radius 2 is 2.00 bits per heavy atom. The number of likely N-dealkylation sites (tertiary alicyclic amines) is 1. The van der Waals surface area contributed by atoms with Crippen molar-refractivity contribution in [3.63, 3.8) is 0 Å². The van der Waals surface area contributed by atoms with Crippen molar-refractivity contribution in [2.45, 2.75) is 63.4 Å². The largest absolute Gasteiger partial charge is 0.396 e. The van der Waals surface area contributed by atoms with Crippen molar-refractivity contribution in [2.75, 3.05) is 20.2 Å². The van der Waals surface area contributed by atoms with Crippen LogP contribution < -0.4 is 10.6 Å². The number of nitrogens with one attached hydrogen (secondary N) is 2. The fraction of sp³-hybridized carbons (Fsp3) is 0.640. The number of para-hydroxylation sites is 1. The van der Waals surface area contributed by atoms with Gasteiger partial charge in [-0.3, -0.25) is 14.4 Å². The third-order valence-corrected chi connectivity index (χ3v) is 8.47. The van der Waals surface area contributed by atoms with Gasteiger partial charge in [-0.05, 0) is 50.7 Å². The van der Waals surface area contributed by atoms with E-state index >= 15 is 0 Å². The van der Waals surface area contributed by atoms with Crippen LogP contribution in [-0.4, -0.2) is 80.2 Å². The fourth-order valence-electron chi connectivity index (χ4n) is 6.69. The van der Waals surface area contributed by atoms with Gasteiger partial charge in [0.1, 0.15) is 23.8 Å². The first-order chi connectivity index (χ1) is 17.3. The highest BCUT2D eigenvalue weighted by Gasteiger charge is 2.79. The number of amides is 3. The lowest BCUT2D eigenvalue weighted by molar-refractivity contribution is -0.147. The van der Waals surface area contributed by atoms with Crippen molar-refractivity contribution in [2.24, 2.45) is 17.8 Å². The van der Waals surface area contributed by atoms with E-state index < -0.39 is 29.1 Å². The Bertz CT molecular complexity index is 1180. The lowest BCUT2D eigenvalue weighted by atomic mass is 9.62. The Kier molecular flexibility index (Phi) is 6.24. The van der Waals surface area contributed by atoms with Crippen molar-refractivity contribution >= 4 is 28.8 Å². The maximum Gasteiger partial charge on any atom is 0.247 e. The van der Waals surface area contributed by atoms with Gasteiger partial charge < -0.3 is 25.4 Å². The van der Waals surface area contributed by atoms with Crippen molar-refractivity contribution < 1.29 is 24.2 Å². The van der Waals surface area contributed by atoms with Gasteiger partial charge in [-0.1, -0.05) is 24.3 Å². The van der Waals surface area contributed by atoms with Crippen LogP contribution in [-0.2, 0) is 25.8 Å². The second-order valence-electron chi connectivity index (χ2n) is 10.4. The van der Waals surface area contributed by atoms with Gasteiger partial charge in [-0.15, -0.1) is 5.10 Å². The molecule has 1 aromatic carbocycles. The summed E-state index contributed by atoms with van der Waals surface area (Å²) in [5, 5.41) is 23.1. The zero-order valence-electron chi connectivity index (χ0n) is 20.9. The minimum absolute atomic E-state index is 0.00671. The molecule has 0 radical (unpaired) electrons. The normalized spacial score (nSPS) is 32.8. The van der Waals surface area contributed by atoms with Crippen molar-refractivity contribution in [3.05, 3.63) is 24.3 Å². The summed E-state index contributed by atoms with van der Waals surface area (Å²) < 4.78 is 8.24. The highest BCUT2D eigenvalue weighted by Crippen LogP contribution is 2.65. The Balaban J connectivity index is 1.46. The van der Waals surface area contributed by atoms with Crippen LogP contribution in [0.5, 0.6) is 0 Å². The molecule has 0 saturated carbocycles. The van der Waals surface area contributed by atoms with Gasteiger partial charge in [0.25, 0.3) is 0 Å². The molecule has 3 aliphatic heterocycles. The number of carbonyl (C=O) groups is 3. The van der Waals surface area contributed by atoms with Crippen LogP contribution >= 0.6 is 0 Å². The van der Waals surface area contributed by atoms with Crippen LogP contribution in [0, 0.1) is 17.8 Å². The number of nitrogens with zero attached hydrogens (tertiary/aromatic N) is 4. The fourth-order valence-corrected chi connectivity index (χ4v) is 6.69. The first-order valence-electron chi connectivity index (χ1n) is 12.7. The number of carbonyl (C=O) groups excluding carboxylic acids is 3. The maximum absolute atomic E-state index is 13.8. The second kappa shape index (κ2) is 9.11. The molecule has 194 valence electrons. The van der Waals surface area contributed by atoms with Crippen LogP contribution in [0.25, 0.3) is 11.0 Å². The summed E-state index contributed by atoms with van der Waals surface area (Å²) in [6.07, 6.45) is 2.51. The number of ether oxygens (including phenoxy) is 1. The van der Waals surface area contributed by atoms with Gasteiger partial charge in [0, 0.05) is 20.2 Å². The molecule has 3 aliphatic rings. The van der Waals surface area contributed by atoms with E-state index in [9.17, 15) is 14.4 Å². The van der Waals surface area contributed by atoms with E-state index in [4.69, 9.17) is 9.84 Å². The molecule has 11 heteroatoms. The van der Waals surface area contributed by atoms with E-state index in [0.29, 0.717) is 25.8 Å². The van der Waals surface area contributed by atoms with Crippen LogP contribution in [0.15, 0.2) is 24.3 Å². The van der Waals surface area contributed by atoms with Crippen LogP contribution in [0.1, 0.15) is 39.5 Å². The topological polar surface area (TPSA) is 139 Å². The summed E-state index contributed by atoms with van der Waals surface area (Å²) in [5.41, 5.74) is -0.395. The molecular weight excluding hydrogens is 464 g/mol. The molecule has 0 aliphatic carbocycles. The number of aliphatic hydroxyl groups is 1. The molecule has 36 heavy (non-hydrogen) atoms. The smallest absolute Gasteiger partial charge is 0.247 e. The molecule has 6 atom stereocenters. The molecule has 4 heterocycles. The van der Waals surface area contributed by atoms with E-state index in [-0.39, 0.29) is 36.9 Å². The minimum atomic E-state index is -1.08. The number of fused-ring (bicyclic) bond motifs is 2. The summed E-state index contributed by atoms with van der Waals surface area (Å²) in [4.78, 5) is 42.3. The average Bonchev–Trinajstić information content (AvgIpc) is 3.54. The molecule has 3 N–H and O–H groups in total. The number of unbranched alkanes of at least 4 members (excludes halogenated alkanes) is 2. The summed E-state index contributed by atoms with van der Waals surface area (Å²) in [6, 6.07) is 6.61. The van der Waals surface area contributed by atoms with Crippen molar-refractivity contribution in [1.29, 1.82) is 0 Å². The molecular formula is C25H34N6O5. The first kappa shape index (κ1) is 24.6. The lowest BCUT2D eigenvalue weighted by Crippen LogP contribution is -2.56. The molecule has 1 aromatic heterocycles. The number of aromatic nitrogens is 3. The van der Waals surface area contributed by atoms with Gasteiger partial charge in [0.05, 0.1) is 23.0 Å². The van der Waals surface area contributed by atoms with Gasteiger partial charge in [-0.2, -0.15) is 0 Å². The SMILES string of the molecule is CNC(=O)[C@H]1[C@H]2C(=O)N(CCCCCO)C(C(=O)NCn3nnc4ccccc43)C23CC(C)[C@]1(C)O3. The van der Waals surface area contributed by atoms with E-state index in [1.807, 2.05) is 38.1 Å². The monoisotopic (exact) mass is 498 g/mol. The Morgan fingerprint density at radius 3 is 2.75 bits per heavy atom. The number of benzene rings is 1. The molecule has 3 fully saturated rings. The number of rotatable bonds is 9. The number of aliphatic hydroxyl groups excluding tert-OH is 1. The van der Waals surface area contributed by atoms with E-state index in [0.717, 1.165) is 17.5 Å². The summed E-state index contributed by atoms with van der Waals surface area (Å²) in [6.45, 7) is 4.44. The molecule has 1 spiro atoms. The molecule has 2 bridgehead atoms. The van der Waals surface area contributed by atoms with E-state index in [1.54, 1.807) is 16.6 Å². The Morgan fingerprint density at radius 1 is 1.22 bits per heavy atom. The quantitative estimate of drug-likeness (QED) is 0.426. The van der Waals surface area contributed by atoms with Gasteiger partial charge in [-0.25, -0.2) is 4.68 Å². The lowest BCUT2D eigenvalue weighted by Gasteiger charge is -2.36. The third kappa shape index (κ3) is 3.51. The average molecular weight is 499 g/mol. The molecule has 3 unspecified atom stereocenters. The highest BCUT2D eigenvalue weighted by atomic mass is 16.5. The highest BCUT2D eigenvalue weighted by molar-refractivity contribution is 5.99. The Labute approximate surface area is 209 Å². The Hall–Kier alpha value is -3.05. The van der Waals surface area contributed by atoms with Gasteiger partial charge in [0.15, 0.2) is 0 Å². The van der Waals surface area contributed by atoms with Crippen LogP contribution in [0.2, 0.25) is 0 Å². The predicted octanol–water partition coefficient (Wildman–Crippen LogP) is 0.424. The zero-order valence-corrected chi connectivity index (χ0v) is 20.9. The van der Waals surface area contributed by atoms with Crippen LogP contribution in [0.4, 0.5) is 0 Å². The molecule has 5 rings (SSSR count). The van der Waals surface area contributed by atoms with Crippen LogP contribution in [0.3, 0.4) is 0 Å². The molecule has 2 aromatic rings. The van der Waals surface area contributed by atoms with E-state index in [1.165, 1.54) is 0 Å².